The summed E-state index contributed by atoms with van der Waals surface area (Å²) in [5.74, 6) is -0.450. The topological polar surface area (TPSA) is 79.4 Å². The van der Waals surface area contributed by atoms with E-state index in [0.29, 0.717) is 37.1 Å². The summed E-state index contributed by atoms with van der Waals surface area (Å²) < 4.78 is 0. The number of benzene rings is 1. The van der Waals surface area contributed by atoms with Crippen molar-refractivity contribution in [3.05, 3.63) is 65.5 Å². The molecule has 0 aliphatic carbocycles. The highest BCUT2D eigenvalue weighted by Gasteiger charge is 2.34. The largest absolute Gasteiger partial charge is 0.352 e. The Morgan fingerprint density at radius 1 is 0.962 bits per heavy atom. The van der Waals surface area contributed by atoms with Gasteiger partial charge < -0.3 is 5.32 Å². The van der Waals surface area contributed by atoms with E-state index < -0.39 is 0 Å². The predicted molar refractivity (Wildman–Crippen MR) is 96.4 cm³/mol. The van der Waals surface area contributed by atoms with Crippen LogP contribution in [0.2, 0.25) is 0 Å². The fourth-order valence-corrected chi connectivity index (χ4v) is 2.97. The number of carbonyl (C=O) groups excluding carboxylic acids is 3. The van der Waals surface area contributed by atoms with E-state index in [1.54, 1.807) is 36.7 Å². The molecular formula is C20H21N3O3. The minimum Gasteiger partial charge on any atom is -0.352 e. The van der Waals surface area contributed by atoms with Crippen LogP contribution in [0.5, 0.6) is 0 Å². The van der Waals surface area contributed by atoms with Crippen LogP contribution in [0.4, 0.5) is 0 Å². The van der Waals surface area contributed by atoms with Crippen molar-refractivity contribution in [3.8, 4) is 0 Å². The van der Waals surface area contributed by atoms with Gasteiger partial charge >= 0.3 is 0 Å². The number of unbranched alkanes of at least 4 members (excludes halogenated alkanes) is 2. The van der Waals surface area contributed by atoms with Gasteiger partial charge in [-0.15, -0.1) is 0 Å². The number of imide groups is 1. The third-order valence-corrected chi connectivity index (χ3v) is 4.38. The van der Waals surface area contributed by atoms with E-state index in [0.717, 1.165) is 18.4 Å². The number of hydrogen-bond acceptors (Lipinski definition) is 4. The molecule has 3 amide bonds. The zero-order chi connectivity index (χ0) is 18.4. The van der Waals surface area contributed by atoms with Crippen LogP contribution < -0.4 is 5.32 Å². The van der Waals surface area contributed by atoms with Gasteiger partial charge in [-0.3, -0.25) is 24.3 Å². The second-order valence-electron chi connectivity index (χ2n) is 6.26. The standard InChI is InChI=1S/C20H21N3O3/c24-18(22-14-15-7-6-11-21-13-15)10-2-1-5-12-23-19(25)16-8-3-4-9-17(16)20(23)26/h3-4,6-9,11,13H,1-2,5,10,12,14H2,(H,22,24). The minimum absolute atomic E-state index is 0.00502. The van der Waals surface area contributed by atoms with Crippen LogP contribution >= 0.6 is 0 Å². The van der Waals surface area contributed by atoms with Gasteiger partial charge in [0.15, 0.2) is 0 Å². The molecule has 1 aliphatic rings. The van der Waals surface area contributed by atoms with Gasteiger partial charge in [0.1, 0.15) is 0 Å². The number of pyridine rings is 1. The maximum atomic E-state index is 12.2. The van der Waals surface area contributed by atoms with E-state index in [-0.39, 0.29) is 17.7 Å². The molecule has 0 saturated carbocycles. The first-order chi connectivity index (χ1) is 12.7. The Balaban J connectivity index is 1.34. The van der Waals surface area contributed by atoms with Crippen LogP contribution in [0.25, 0.3) is 0 Å². The summed E-state index contributed by atoms with van der Waals surface area (Å²) in [5.41, 5.74) is 1.92. The van der Waals surface area contributed by atoms with Crippen LogP contribution in [-0.2, 0) is 11.3 Å². The molecule has 134 valence electrons. The fraction of sp³-hybridized carbons (Fsp3) is 0.300. The van der Waals surface area contributed by atoms with Gasteiger partial charge in [-0.1, -0.05) is 24.6 Å². The normalized spacial score (nSPS) is 13.0. The Bertz CT molecular complexity index is 770. The molecule has 1 N–H and O–H groups in total. The average Bonchev–Trinajstić information content (AvgIpc) is 2.92. The lowest BCUT2D eigenvalue weighted by molar-refractivity contribution is -0.121. The Morgan fingerprint density at radius 2 is 1.69 bits per heavy atom. The van der Waals surface area contributed by atoms with Crippen LogP contribution in [0.1, 0.15) is 52.0 Å². The second kappa shape index (κ2) is 8.38. The highest BCUT2D eigenvalue weighted by atomic mass is 16.2. The van der Waals surface area contributed by atoms with Gasteiger partial charge in [-0.25, -0.2) is 0 Å². The molecule has 0 unspecified atom stereocenters. The fourth-order valence-electron chi connectivity index (χ4n) is 2.97. The first kappa shape index (κ1) is 17.8. The third-order valence-electron chi connectivity index (χ3n) is 4.38. The lowest BCUT2D eigenvalue weighted by Crippen LogP contribution is -2.30. The lowest BCUT2D eigenvalue weighted by Gasteiger charge is -2.13. The summed E-state index contributed by atoms with van der Waals surface area (Å²) >= 11 is 0. The van der Waals surface area contributed by atoms with Crippen LogP contribution in [0, 0.1) is 0 Å². The number of fused-ring (bicyclic) bond motifs is 1. The number of carbonyl (C=O) groups is 3. The maximum absolute atomic E-state index is 12.2. The van der Waals surface area contributed by atoms with Crippen molar-refractivity contribution in [1.82, 2.24) is 15.2 Å². The average molecular weight is 351 g/mol. The number of rotatable bonds is 8. The molecule has 0 bridgehead atoms. The van der Waals surface area contributed by atoms with Gasteiger partial charge in [0.2, 0.25) is 5.91 Å². The number of nitrogens with zero attached hydrogens (tertiary/aromatic N) is 2. The highest BCUT2D eigenvalue weighted by molar-refractivity contribution is 6.21. The molecule has 0 fully saturated rings. The second-order valence-corrected chi connectivity index (χ2v) is 6.26. The first-order valence-corrected chi connectivity index (χ1v) is 8.77. The van der Waals surface area contributed by atoms with Gasteiger partial charge in [0, 0.05) is 31.9 Å². The summed E-state index contributed by atoms with van der Waals surface area (Å²) in [4.78, 5) is 41.6. The van der Waals surface area contributed by atoms with Crippen molar-refractivity contribution in [2.45, 2.75) is 32.2 Å². The highest BCUT2D eigenvalue weighted by Crippen LogP contribution is 2.22. The van der Waals surface area contributed by atoms with Crippen molar-refractivity contribution >= 4 is 17.7 Å². The molecule has 0 saturated heterocycles. The molecule has 0 spiro atoms. The summed E-state index contributed by atoms with van der Waals surface area (Å²) in [7, 11) is 0. The Hall–Kier alpha value is -3.02. The number of aromatic nitrogens is 1. The summed E-state index contributed by atoms with van der Waals surface area (Å²) in [6.45, 7) is 0.866. The minimum atomic E-state index is -0.222. The zero-order valence-corrected chi connectivity index (χ0v) is 14.5. The van der Waals surface area contributed by atoms with Crippen molar-refractivity contribution < 1.29 is 14.4 Å². The zero-order valence-electron chi connectivity index (χ0n) is 14.5. The molecule has 2 heterocycles. The Labute approximate surface area is 152 Å². The van der Waals surface area contributed by atoms with Crippen molar-refractivity contribution in [2.24, 2.45) is 0 Å². The first-order valence-electron chi connectivity index (χ1n) is 8.77. The molecule has 0 atom stereocenters. The Morgan fingerprint density at radius 3 is 2.35 bits per heavy atom. The van der Waals surface area contributed by atoms with E-state index in [9.17, 15) is 14.4 Å². The van der Waals surface area contributed by atoms with Gasteiger partial charge in [-0.2, -0.15) is 0 Å². The van der Waals surface area contributed by atoms with Crippen molar-refractivity contribution in [2.75, 3.05) is 6.54 Å². The van der Waals surface area contributed by atoms with E-state index >= 15 is 0 Å². The number of hydrogen-bond donors (Lipinski definition) is 1. The molecule has 6 heteroatoms. The molecule has 1 aliphatic heterocycles. The molecule has 6 nitrogen and oxygen atoms in total. The lowest BCUT2D eigenvalue weighted by atomic mass is 10.1. The summed E-state index contributed by atoms with van der Waals surface area (Å²) in [5, 5.41) is 2.86. The van der Waals surface area contributed by atoms with Crippen LogP contribution in [-0.4, -0.2) is 34.2 Å². The molecular weight excluding hydrogens is 330 g/mol. The molecule has 3 rings (SSSR count). The number of nitrogens with one attached hydrogen (secondary N) is 1. The maximum Gasteiger partial charge on any atom is 0.261 e. The van der Waals surface area contributed by atoms with Gasteiger partial charge in [-0.05, 0) is 36.6 Å². The number of amides is 3. The van der Waals surface area contributed by atoms with Crippen LogP contribution in [0.3, 0.4) is 0 Å². The quantitative estimate of drug-likeness (QED) is 0.585. The van der Waals surface area contributed by atoms with Crippen molar-refractivity contribution in [3.63, 3.8) is 0 Å². The van der Waals surface area contributed by atoms with Gasteiger partial charge in [0.25, 0.3) is 11.8 Å². The molecule has 26 heavy (non-hydrogen) atoms. The van der Waals surface area contributed by atoms with E-state index in [2.05, 4.69) is 10.3 Å². The van der Waals surface area contributed by atoms with Crippen LogP contribution in [0.15, 0.2) is 48.8 Å². The smallest absolute Gasteiger partial charge is 0.261 e. The van der Waals surface area contributed by atoms with Crippen molar-refractivity contribution in [1.29, 1.82) is 0 Å². The van der Waals surface area contributed by atoms with E-state index in [1.165, 1.54) is 4.90 Å². The predicted octanol–water partition coefficient (Wildman–Crippen LogP) is 2.55. The summed E-state index contributed by atoms with van der Waals surface area (Å²) in [6, 6.07) is 10.6. The monoisotopic (exact) mass is 351 g/mol. The molecule has 1 aromatic heterocycles. The molecule has 0 radical (unpaired) electrons. The van der Waals surface area contributed by atoms with E-state index in [4.69, 9.17) is 0 Å². The Kier molecular flexibility index (Phi) is 5.73. The third kappa shape index (κ3) is 4.14. The van der Waals surface area contributed by atoms with E-state index in [1.807, 2.05) is 12.1 Å². The molecule has 1 aromatic carbocycles. The SMILES string of the molecule is O=C(CCCCCN1C(=O)c2ccccc2C1=O)NCc1cccnc1. The van der Waals surface area contributed by atoms with Gasteiger partial charge in [0.05, 0.1) is 11.1 Å². The summed E-state index contributed by atoms with van der Waals surface area (Å²) in [6.07, 6.45) is 6.06. The molecule has 2 aromatic rings.